The summed E-state index contributed by atoms with van der Waals surface area (Å²) in [7, 11) is 0. The number of para-hydroxylation sites is 4. The van der Waals surface area contributed by atoms with Gasteiger partial charge < -0.3 is 4.42 Å². The Morgan fingerprint density at radius 2 is 1.23 bits per heavy atom. The van der Waals surface area contributed by atoms with Crippen LogP contribution in [0, 0.1) is 0 Å². The summed E-state index contributed by atoms with van der Waals surface area (Å²) in [6.45, 7) is 0. The number of benzene rings is 7. The normalized spacial score (nSPS) is 12.1. The molecular formula is C41H24N2O. The van der Waals surface area contributed by atoms with Gasteiger partial charge in [0.15, 0.2) is 0 Å². The summed E-state index contributed by atoms with van der Waals surface area (Å²) in [5, 5.41) is 8.37. The van der Waals surface area contributed by atoms with E-state index in [4.69, 9.17) is 9.40 Å². The summed E-state index contributed by atoms with van der Waals surface area (Å²) in [6.07, 6.45) is 0. The molecular weight excluding hydrogens is 536 g/mol. The molecule has 0 fully saturated rings. The number of nitrogens with zero attached hydrogens (tertiary/aromatic N) is 2. The average Bonchev–Trinajstić information content (AvgIpc) is 3.67. The van der Waals surface area contributed by atoms with Crippen molar-refractivity contribution in [2.24, 2.45) is 0 Å². The zero-order valence-electron chi connectivity index (χ0n) is 23.7. The Morgan fingerprint density at radius 3 is 2.20 bits per heavy atom. The van der Waals surface area contributed by atoms with Crippen LogP contribution in [0.15, 0.2) is 150 Å². The monoisotopic (exact) mass is 560 g/mol. The first kappa shape index (κ1) is 23.6. The lowest BCUT2D eigenvalue weighted by molar-refractivity contribution is 0.670. The molecule has 0 amide bonds. The van der Waals surface area contributed by atoms with Gasteiger partial charge in [-0.1, -0.05) is 115 Å². The molecule has 204 valence electrons. The average molecular weight is 561 g/mol. The Morgan fingerprint density at radius 1 is 0.477 bits per heavy atom. The molecule has 0 spiro atoms. The van der Waals surface area contributed by atoms with Crippen molar-refractivity contribution in [2.75, 3.05) is 0 Å². The quantitative estimate of drug-likeness (QED) is 0.197. The van der Waals surface area contributed by atoms with E-state index < -0.39 is 0 Å². The Hall–Kier alpha value is -5.93. The molecule has 0 N–H and O–H groups in total. The molecule has 10 rings (SSSR count). The van der Waals surface area contributed by atoms with Crippen LogP contribution in [0.5, 0.6) is 0 Å². The predicted octanol–water partition coefficient (Wildman–Crippen LogP) is 11.2. The van der Waals surface area contributed by atoms with Crippen LogP contribution in [0.25, 0.3) is 93.3 Å². The summed E-state index contributed by atoms with van der Waals surface area (Å²) in [5.74, 6) is 0. The molecule has 0 aliphatic heterocycles. The van der Waals surface area contributed by atoms with Gasteiger partial charge in [-0.05, 0) is 63.2 Å². The van der Waals surface area contributed by atoms with Crippen molar-refractivity contribution in [3.05, 3.63) is 146 Å². The molecule has 3 heteroatoms. The van der Waals surface area contributed by atoms with Gasteiger partial charge in [0.05, 0.1) is 16.6 Å². The Labute approximate surface area is 252 Å². The van der Waals surface area contributed by atoms with E-state index in [9.17, 15) is 0 Å². The van der Waals surface area contributed by atoms with Gasteiger partial charge in [0.2, 0.25) is 0 Å². The van der Waals surface area contributed by atoms with Crippen molar-refractivity contribution in [1.82, 2.24) is 9.38 Å². The number of aromatic nitrogens is 2. The van der Waals surface area contributed by atoms with Crippen LogP contribution in [0.4, 0.5) is 0 Å². The predicted molar refractivity (Wildman–Crippen MR) is 183 cm³/mol. The van der Waals surface area contributed by atoms with E-state index in [1.807, 2.05) is 12.1 Å². The largest absolute Gasteiger partial charge is 0.455 e. The van der Waals surface area contributed by atoms with Crippen molar-refractivity contribution in [3.63, 3.8) is 0 Å². The highest BCUT2D eigenvalue weighted by Crippen LogP contribution is 2.40. The van der Waals surface area contributed by atoms with Crippen LogP contribution in [0.2, 0.25) is 0 Å². The Balaban J connectivity index is 1.24. The maximum atomic E-state index is 6.38. The third-order valence-electron chi connectivity index (χ3n) is 9.15. The second kappa shape index (κ2) is 8.79. The van der Waals surface area contributed by atoms with Gasteiger partial charge >= 0.3 is 0 Å². The Bertz CT molecular complexity index is 2780. The van der Waals surface area contributed by atoms with Crippen LogP contribution >= 0.6 is 0 Å². The summed E-state index contributed by atoms with van der Waals surface area (Å²) in [6, 6.07) is 51.9. The van der Waals surface area contributed by atoms with Crippen molar-refractivity contribution < 1.29 is 4.42 Å². The zero-order valence-corrected chi connectivity index (χ0v) is 23.7. The van der Waals surface area contributed by atoms with E-state index in [1.165, 1.54) is 26.9 Å². The summed E-state index contributed by atoms with van der Waals surface area (Å²) >= 11 is 0. The van der Waals surface area contributed by atoms with Crippen molar-refractivity contribution >= 4 is 71.1 Å². The minimum atomic E-state index is 0.914. The number of hydrogen-bond acceptors (Lipinski definition) is 2. The zero-order chi connectivity index (χ0) is 28.8. The molecule has 0 unspecified atom stereocenters. The second-order valence-electron chi connectivity index (χ2n) is 11.6. The van der Waals surface area contributed by atoms with Gasteiger partial charge in [-0.25, -0.2) is 4.98 Å². The standard InChI is InChI=1S/C41H24N2O/c1-2-12-29-25(9-1)19-22-33-31-21-20-27(24-37(31)43-36-17-5-4-16-35(36)42-41(43)39(29)33)26-10-7-11-28(23-26)30-14-8-15-34-32-13-3-6-18-38(32)44-40(30)34/h1-24H. The minimum Gasteiger partial charge on any atom is -0.455 e. The first-order chi connectivity index (χ1) is 21.8. The SMILES string of the molecule is c1cc(-c2ccc3c4ccc5ccccc5c4c4nc5ccccc5n4c3c2)cc(-c2cccc3c2oc2ccccc23)c1. The molecule has 0 bridgehead atoms. The van der Waals surface area contributed by atoms with Crippen molar-refractivity contribution in [3.8, 4) is 22.3 Å². The van der Waals surface area contributed by atoms with Gasteiger partial charge in [0.1, 0.15) is 16.8 Å². The fraction of sp³-hybridized carbons (Fsp3) is 0. The maximum Gasteiger partial charge on any atom is 0.147 e. The molecule has 0 radical (unpaired) electrons. The van der Waals surface area contributed by atoms with E-state index in [1.54, 1.807) is 0 Å². The van der Waals surface area contributed by atoms with Gasteiger partial charge in [-0.15, -0.1) is 0 Å². The van der Waals surface area contributed by atoms with Crippen LogP contribution in [0.3, 0.4) is 0 Å². The van der Waals surface area contributed by atoms with E-state index in [-0.39, 0.29) is 0 Å². The number of fused-ring (bicyclic) bond motifs is 13. The van der Waals surface area contributed by atoms with Crippen LogP contribution in [0.1, 0.15) is 0 Å². The number of rotatable bonds is 2. The molecule has 0 aliphatic carbocycles. The van der Waals surface area contributed by atoms with E-state index in [0.29, 0.717) is 0 Å². The number of imidazole rings is 1. The van der Waals surface area contributed by atoms with E-state index in [2.05, 4.69) is 138 Å². The van der Waals surface area contributed by atoms with Gasteiger partial charge in [0.25, 0.3) is 0 Å². The van der Waals surface area contributed by atoms with Crippen LogP contribution < -0.4 is 0 Å². The number of pyridine rings is 1. The fourth-order valence-electron chi connectivity index (χ4n) is 7.14. The lowest BCUT2D eigenvalue weighted by Gasteiger charge is -2.13. The molecule has 7 aromatic carbocycles. The molecule has 44 heavy (non-hydrogen) atoms. The highest BCUT2D eigenvalue weighted by atomic mass is 16.3. The molecule has 3 aromatic heterocycles. The number of furan rings is 1. The van der Waals surface area contributed by atoms with Crippen LogP contribution in [-0.2, 0) is 0 Å². The topological polar surface area (TPSA) is 30.4 Å². The van der Waals surface area contributed by atoms with Crippen molar-refractivity contribution in [1.29, 1.82) is 0 Å². The van der Waals surface area contributed by atoms with Gasteiger partial charge in [-0.3, -0.25) is 4.40 Å². The molecule has 0 atom stereocenters. The molecule has 0 saturated carbocycles. The highest BCUT2D eigenvalue weighted by molar-refractivity contribution is 6.23. The minimum absolute atomic E-state index is 0.914. The maximum absolute atomic E-state index is 6.38. The molecule has 0 saturated heterocycles. The highest BCUT2D eigenvalue weighted by Gasteiger charge is 2.17. The molecule has 0 aliphatic rings. The first-order valence-corrected chi connectivity index (χ1v) is 15.0. The van der Waals surface area contributed by atoms with Gasteiger partial charge in [0, 0.05) is 27.1 Å². The smallest absolute Gasteiger partial charge is 0.147 e. The third-order valence-corrected chi connectivity index (χ3v) is 9.15. The summed E-state index contributed by atoms with van der Waals surface area (Å²) in [4.78, 5) is 5.20. The lowest BCUT2D eigenvalue weighted by Crippen LogP contribution is -1.93. The molecule has 3 heterocycles. The third kappa shape index (κ3) is 3.24. The van der Waals surface area contributed by atoms with Gasteiger partial charge in [-0.2, -0.15) is 0 Å². The van der Waals surface area contributed by atoms with E-state index in [0.717, 1.165) is 66.4 Å². The first-order valence-electron chi connectivity index (χ1n) is 15.0. The van der Waals surface area contributed by atoms with Crippen molar-refractivity contribution in [2.45, 2.75) is 0 Å². The number of hydrogen-bond donors (Lipinski definition) is 0. The second-order valence-corrected chi connectivity index (χ2v) is 11.6. The summed E-state index contributed by atoms with van der Waals surface area (Å²) in [5.41, 5.74) is 10.7. The molecule has 10 aromatic rings. The fourth-order valence-corrected chi connectivity index (χ4v) is 7.14. The van der Waals surface area contributed by atoms with E-state index >= 15 is 0 Å². The lowest BCUT2D eigenvalue weighted by atomic mass is 9.95. The Kier molecular flexibility index (Phi) is 4.72. The summed E-state index contributed by atoms with van der Waals surface area (Å²) < 4.78 is 8.73. The van der Waals surface area contributed by atoms with Crippen LogP contribution in [-0.4, -0.2) is 9.38 Å². The molecule has 3 nitrogen and oxygen atoms in total.